The maximum atomic E-state index is 5.27. The van der Waals surface area contributed by atoms with Crippen LogP contribution in [0.15, 0.2) is 36.5 Å². The molecule has 0 fully saturated rings. The van der Waals surface area contributed by atoms with Crippen LogP contribution in [0.5, 0.6) is 5.75 Å². The Kier molecular flexibility index (Phi) is 6.01. The third kappa shape index (κ3) is 3.23. The van der Waals surface area contributed by atoms with Crippen LogP contribution < -0.4 is 10.5 Å². The van der Waals surface area contributed by atoms with E-state index >= 15 is 0 Å². The number of nitrogens with two attached hydrogens (primary N) is 1. The molecule has 0 bridgehead atoms. The minimum Gasteiger partial charge on any atom is -0.479 e. The Morgan fingerprint density at radius 1 is 1.20 bits per heavy atom. The molecule has 0 aliphatic carbocycles. The van der Waals surface area contributed by atoms with Gasteiger partial charge in [0.2, 0.25) is 0 Å². The van der Waals surface area contributed by atoms with E-state index in [4.69, 9.17) is 10.5 Å². The first-order chi connectivity index (χ1) is 6.40. The first-order valence-corrected chi connectivity index (χ1v) is 4.08. The van der Waals surface area contributed by atoms with Gasteiger partial charge < -0.3 is 4.74 Å². The number of hydrogen-bond donors (Lipinski definition) is 1. The molecule has 2 aromatic rings. The van der Waals surface area contributed by atoms with Crippen molar-refractivity contribution < 1.29 is 4.74 Å². The van der Waals surface area contributed by atoms with Gasteiger partial charge in [0.25, 0.3) is 0 Å². The fourth-order valence-electron chi connectivity index (χ4n) is 1.24. The highest BCUT2D eigenvalue weighted by molar-refractivity contribution is 5.85. The first kappa shape index (κ1) is 14.0. The van der Waals surface area contributed by atoms with Crippen LogP contribution in [0.25, 0.3) is 10.9 Å². The lowest BCUT2D eigenvalue weighted by Crippen LogP contribution is -2.06. The number of fused-ring (bicyclic) bond motifs is 1. The van der Waals surface area contributed by atoms with Crippen molar-refractivity contribution in [3.05, 3.63) is 36.5 Å². The summed E-state index contributed by atoms with van der Waals surface area (Å²) < 4.78 is 5.16. The summed E-state index contributed by atoms with van der Waals surface area (Å²) in [7, 11) is 0. The molecule has 1 aromatic carbocycles. The van der Waals surface area contributed by atoms with Crippen molar-refractivity contribution in [2.45, 2.75) is 0 Å². The normalized spacial score (nSPS) is 8.87. The summed E-state index contributed by atoms with van der Waals surface area (Å²) in [5, 5.41) is 1.06. The van der Waals surface area contributed by atoms with Gasteiger partial charge in [0, 0.05) is 11.6 Å². The monoisotopic (exact) mass is 246 g/mol. The summed E-state index contributed by atoms with van der Waals surface area (Å²) in [5.74, 6) is 0.781. The summed E-state index contributed by atoms with van der Waals surface area (Å²) in [5.41, 5.74) is 6.23. The molecule has 2 N–H and O–H groups in total. The van der Waals surface area contributed by atoms with Crippen LogP contribution in [0.4, 0.5) is 0 Å². The second kappa shape index (κ2) is 6.45. The van der Waals surface area contributed by atoms with E-state index in [2.05, 4.69) is 4.98 Å². The molecule has 0 radical (unpaired) electrons. The van der Waals surface area contributed by atoms with E-state index in [1.54, 1.807) is 6.20 Å². The average Bonchev–Trinajstić information content (AvgIpc) is 2.18. The number of benzene rings is 1. The quantitative estimate of drug-likeness (QED) is 0.829. The second-order valence-electron chi connectivity index (χ2n) is 2.67. The molecule has 0 atom stereocenters. The summed E-state index contributed by atoms with van der Waals surface area (Å²) >= 11 is 0. The molecule has 0 unspecified atom stereocenters. The number of pyridine rings is 1. The van der Waals surface area contributed by atoms with Crippen LogP contribution in [-0.4, -0.2) is 11.7 Å². The third-order valence-electron chi connectivity index (χ3n) is 1.82. The average molecular weight is 247 g/mol. The van der Waals surface area contributed by atoms with E-state index in [9.17, 15) is 0 Å². The highest BCUT2D eigenvalue weighted by Gasteiger charge is 1.95. The van der Waals surface area contributed by atoms with Gasteiger partial charge in [-0.25, -0.2) is 0 Å². The largest absolute Gasteiger partial charge is 0.479 e. The molecule has 1 heterocycles. The first-order valence-electron chi connectivity index (χ1n) is 4.08. The molecule has 0 aliphatic rings. The molecule has 2 rings (SSSR count). The molecular formula is C10H12Cl2N2O. The zero-order chi connectivity index (χ0) is 9.10. The summed E-state index contributed by atoms with van der Waals surface area (Å²) in [4.78, 5) is 4.20. The number of aromatic nitrogens is 1. The third-order valence-corrected chi connectivity index (χ3v) is 1.82. The molecule has 82 valence electrons. The van der Waals surface area contributed by atoms with Gasteiger partial charge in [0.1, 0.15) is 12.5 Å². The van der Waals surface area contributed by atoms with E-state index in [0.717, 1.165) is 16.7 Å². The summed E-state index contributed by atoms with van der Waals surface area (Å²) in [6, 6.07) is 9.60. The van der Waals surface area contributed by atoms with E-state index in [1.165, 1.54) is 0 Å². The number of rotatable bonds is 2. The van der Waals surface area contributed by atoms with Crippen LogP contribution in [0.1, 0.15) is 0 Å². The number of halogens is 2. The van der Waals surface area contributed by atoms with E-state index < -0.39 is 0 Å². The second-order valence-corrected chi connectivity index (χ2v) is 2.67. The topological polar surface area (TPSA) is 48.1 Å². The van der Waals surface area contributed by atoms with Crippen molar-refractivity contribution in [1.29, 1.82) is 0 Å². The molecule has 15 heavy (non-hydrogen) atoms. The fourth-order valence-corrected chi connectivity index (χ4v) is 1.24. The fraction of sp³-hybridized carbons (Fsp3) is 0.100. The van der Waals surface area contributed by atoms with Crippen LogP contribution >= 0.6 is 24.8 Å². The smallest absolute Gasteiger partial charge is 0.137 e. The van der Waals surface area contributed by atoms with Crippen LogP contribution in [-0.2, 0) is 0 Å². The highest BCUT2D eigenvalue weighted by atomic mass is 35.5. The van der Waals surface area contributed by atoms with Crippen LogP contribution in [0, 0.1) is 0 Å². The van der Waals surface area contributed by atoms with Crippen molar-refractivity contribution in [3.63, 3.8) is 0 Å². The lowest BCUT2D eigenvalue weighted by Gasteiger charge is -2.03. The van der Waals surface area contributed by atoms with E-state index in [1.807, 2.05) is 30.3 Å². The minimum absolute atomic E-state index is 0. The van der Waals surface area contributed by atoms with Crippen molar-refractivity contribution >= 4 is 35.7 Å². The summed E-state index contributed by atoms with van der Waals surface area (Å²) in [6.45, 7) is 0.200. The van der Waals surface area contributed by atoms with Crippen LogP contribution in [0.3, 0.4) is 0 Å². The SMILES string of the molecule is Cl.Cl.NCOc1ccc2ncccc2c1. The van der Waals surface area contributed by atoms with Crippen LogP contribution in [0.2, 0.25) is 0 Å². The van der Waals surface area contributed by atoms with Crippen molar-refractivity contribution in [3.8, 4) is 5.75 Å². The van der Waals surface area contributed by atoms with E-state index in [-0.39, 0.29) is 31.5 Å². The van der Waals surface area contributed by atoms with Crippen molar-refractivity contribution in [1.82, 2.24) is 4.98 Å². The zero-order valence-electron chi connectivity index (χ0n) is 7.92. The molecule has 1 aromatic heterocycles. The van der Waals surface area contributed by atoms with Gasteiger partial charge in [-0.2, -0.15) is 0 Å². The zero-order valence-corrected chi connectivity index (χ0v) is 9.55. The lowest BCUT2D eigenvalue weighted by atomic mass is 10.2. The Labute approximate surface area is 100 Å². The Hall–Kier alpha value is -1.03. The van der Waals surface area contributed by atoms with Gasteiger partial charge in [-0.1, -0.05) is 6.07 Å². The molecule has 0 aliphatic heterocycles. The van der Waals surface area contributed by atoms with Crippen molar-refractivity contribution in [2.75, 3.05) is 6.73 Å². The molecular weight excluding hydrogens is 235 g/mol. The minimum atomic E-state index is 0. The van der Waals surface area contributed by atoms with Gasteiger partial charge in [-0.3, -0.25) is 10.7 Å². The molecule has 3 nitrogen and oxygen atoms in total. The Balaban J connectivity index is 0.000000980. The van der Waals surface area contributed by atoms with Gasteiger partial charge in [-0.15, -0.1) is 24.8 Å². The van der Waals surface area contributed by atoms with Gasteiger partial charge in [-0.05, 0) is 24.3 Å². The van der Waals surface area contributed by atoms with E-state index in [0.29, 0.717) is 0 Å². The molecule has 0 spiro atoms. The Morgan fingerprint density at radius 3 is 2.73 bits per heavy atom. The highest BCUT2D eigenvalue weighted by Crippen LogP contribution is 2.18. The number of nitrogens with zero attached hydrogens (tertiary/aromatic N) is 1. The van der Waals surface area contributed by atoms with Gasteiger partial charge >= 0.3 is 0 Å². The van der Waals surface area contributed by atoms with Crippen molar-refractivity contribution in [2.24, 2.45) is 5.73 Å². The predicted molar refractivity (Wildman–Crippen MR) is 65.9 cm³/mol. The summed E-state index contributed by atoms with van der Waals surface area (Å²) in [6.07, 6.45) is 1.77. The van der Waals surface area contributed by atoms with Gasteiger partial charge in [0.15, 0.2) is 0 Å². The standard InChI is InChI=1S/C10H10N2O.2ClH/c11-7-13-9-3-4-10-8(6-9)2-1-5-12-10;;/h1-6H,7,11H2;2*1H. The molecule has 0 amide bonds. The number of hydrogen-bond acceptors (Lipinski definition) is 3. The molecule has 5 heteroatoms. The maximum Gasteiger partial charge on any atom is 0.137 e. The Bertz CT molecular complexity index is 423. The number of ether oxygens (including phenoxy) is 1. The predicted octanol–water partition coefficient (Wildman–Crippen LogP) is 2.37. The molecule has 0 saturated carbocycles. The lowest BCUT2D eigenvalue weighted by molar-refractivity contribution is 0.330. The Morgan fingerprint density at radius 2 is 2.00 bits per heavy atom. The maximum absolute atomic E-state index is 5.27. The van der Waals surface area contributed by atoms with Gasteiger partial charge in [0.05, 0.1) is 5.52 Å². The molecule has 0 saturated heterocycles.